The van der Waals surface area contributed by atoms with Crippen molar-refractivity contribution in [1.29, 1.82) is 0 Å². The van der Waals surface area contributed by atoms with E-state index in [1.807, 2.05) is 30.3 Å². The highest BCUT2D eigenvalue weighted by Gasteiger charge is 2.54. The smallest absolute Gasteiger partial charge is 0.222 e. The van der Waals surface area contributed by atoms with Crippen LogP contribution in [0.3, 0.4) is 0 Å². The average molecular weight is 399 g/mol. The summed E-state index contributed by atoms with van der Waals surface area (Å²) in [7, 11) is 0. The predicted molar refractivity (Wildman–Crippen MR) is 109 cm³/mol. The summed E-state index contributed by atoms with van der Waals surface area (Å²) in [5.74, 6) is 2.09. The number of nitrogens with zero attached hydrogens (tertiary/aromatic N) is 3. The molecule has 3 aliphatic rings. The Balaban J connectivity index is 1.24. The van der Waals surface area contributed by atoms with E-state index < -0.39 is 0 Å². The highest BCUT2D eigenvalue weighted by Crippen LogP contribution is 2.47. The molecule has 0 radical (unpaired) electrons. The van der Waals surface area contributed by atoms with Gasteiger partial charge in [-0.25, -0.2) is 0 Å². The molecule has 3 heterocycles. The van der Waals surface area contributed by atoms with Crippen LogP contribution in [0.2, 0.25) is 0 Å². The van der Waals surface area contributed by atoms with Crippen LogP contribution in [-0.2, 0) is 9.53 Å². The van der Waals surface area contributed by atoms with Crippen LogP contribution >= 0.6 is 11.5 Å². The van der Waals surface area contributed by atoms with Crippen LogP contribution in [-0.4, -0.2) is 52.0 Å². The number of hydrogen-bond donors (Lipinski definition) is 1. The minimum absolute atomic E-state index is 0.0151. The van der Waals surface area contributed by atoms with Crippen molar-refractivity contribution >= 4 is 22.6 Å². The van der Waals surface area contributed by atoms with Crippen LogP contribution in [0.4, 0.5) is 5.13 Å². The lowest BCUT2D eigenvalue weighted by atomic mass is 9.69. The second-order valence-corrected chi connectivity index (χ2v) is 9.09. The summed E-state index contributed by atoms with van der Waals surface area (Å²) in [6, 6.07) is 10.1. The van der Waals surface area contributed by atoms with Gasteiger partial charge in [-0.05, 0) is 31.6 Å². The minimum Gasteiger partial charge on any atom is -0.381 e. The van der Waals surface area contributed by atoms with Crippen molar-refractivity contribution in [3.05, 3.63) is 30.3 Å². The van der Waals surface area contributed by atoms with E-state index in [0.717, 1.165) is 62.1 Å². The maximum Gasteiger partial charge on any atom is 0.222 e. The Morgan fingerprint density at radius 1 is 1.25 bits per heavy atom. The number of benzene rings is 1. The molecule has 1 N–H and O–H groups in total. The van der Waals surface area contributed by atoms with Gasteiger partial charge in [-0.3, -0.25) is 4.79 Å². The number of hydrogen-bond acceptors (Lipinski definition) is 6. The highest BCUT2D eigenvalue weighted by molar-refractivity contribution is 7.09. The van der Waals surface area contributed by atoms with Crippen LogP contribution in [0.1, 0.15) is 32.1 Å². The fraction of sp³-hybridized carbons (Fsp3) is 0.571. The molecule has 1 aliphatic carbocycles. The van der Waals surface area contributed by atoms with E-state index in [1.54, 1.807) is 0 Å². The summed E-state index contributed by atoms with van der Waals surface area (Å²) in [5, 5.41) is 4.53. The first-order chi connectivity index (χ1) is 13.7. The lowest BCUT2D eigenvalue weighted by Gasteiger charge is -2.44. The molecule has 1 saturated carbocycles. The van der Waals surface area contributed by atoms with Gasteiger partial charge >= 0.3 is 0 Å². The standard InChI is InChI=1S/C21H26N4O2S/c26-18(12-15-7-10-27-11-8-15)25-13-17-6-9-21(17,14-25)23-20-22-19(24-28-20)16-4-2-1-3-5-16/h1-5,15,17H,6-14H2,(H,22,23,24). The molecule has 3 fully saturated rings. The first-order valence-corrected chi connectivity index (χ1v) is 11.0. The Kier molecular flexibility index (Phi) is 4.80. The Morgan fingerprint density at radius 2 is 2.07 bits per heavy atom. The van der Waals surface area contributed by atoms with Gasteiger partial charge in [-0.1, -0.05) is 30.3 Å². The third-order valence-electron chi connectivity index (χ3n) is 6.60. The molecule has 0 spiro atoms. The molecule has 7 heteroatoms. The average Bonchev–Trinajstić information content (AvgIpc) is 3.28. The molecule has 1 amide bonds. The third kappa shape index (κ3) is 3.42. The van der Waals surface area contributed by atoms with Crippen LogP contribution in [0.25, 0.3) is 11.4 Å². The van der Waals surface area contributed by atoms with Gasteiger partial charge < -0.3 is 15.0 Å². The molecular weight excluding hydrogens is 372 g/mol. The van der Waals surface area contributed by atoms with Gasteiger partial charge in [0.1, 0.15) is 0 Å². The number of likely N-dealkylation sites (tertiary alicyclic amines) is 1. The molecule has 2 atom stereocenters. The zero-order chi connectivity index (χ0) is 19.0. The van der Waals surface area contributed by atoms with Gasteiger partial charge in [0.15, 0.2) is 5.82 Å². The maximum absolute atomic E-state index is 12.8. The van der Waals surface area contributed by atoms with Gasteiger partial charge in [0.25, 0.3) is 0 Å². The predicted octanol–water partition coefficient (Wildman–Crippen LogP) is 3.42. The topological polar surface area (TPSA) is 67.3 Å². The minimum atomic E-state index is -0.0151. The molecule has 2 saturated heterocycles. The molecule has 28 heavy (non-hydrogen) atoms. The van der Waals surface area contributed by atoms with Crippen molar-refractivity contribution in [2.45, 2.75) is 37.6 Å². The molecule has 0 bridgehead atoms. The molecule has 5 rings (SSSR count). The largest absolute Gasteiger partial charge is 0.381 e. The van der Waals surface area contributed by atoms with Crippen molar-refractivity contribution < 1.29 is 9.53 Å². The SMILES string of the molecule is O=C(CC1CCOCC1)N1CC2CCC2(Nc2nc(-c3ccccc3)ns2)C1. The maximum atomic E-state index is 12.8. The number of carbonyl (C=O) groups is 1. The summed E-state index contributed by atoms with van der Waals surface area (Å²) in [6.45, 7) is 3.26. The fourth-order valence-electron chi connectivity index (χ4n) is 4.75. The van der Waals surface area contributed by atoms with Crippen molar-refractivity contribution in [3.8, 4) is 11.4 Å². The van der Waals surface area contributed by atoms with E-state index in [4.69, 9.17) is 9.72 Å². The Morgan fingerprint density at radius 3 is 2.82 bits per heavy atom. The van der Waals surface area contributed by atoms with E-state index in [2.05, 4.69) is 14.6 Å². The van der Waals surface area contributed by atoms with Crippen molar-refractivity contribution in [2.24, 2.45) is 11.8 Å². The molecule has 1 aromatic carbocycles. The number of ether oxygens (including phenoxy) is 1. The van der Waals surface area contributed by atoms with E-state index in [-0.39, 0.29) is 5.54 Å². The highest BCUT2D eigenvalue weighted by atomic mass is 32.1. The number of amides is 1. The van der Waals surface area contributed by atoms with Crippen LogP contribution in [0.15, 0.2) is 30.3 Å². The normalized spacial score (nSPS) is 27.3. The molecule has 1 aromatic heterocycles. The summed E-state index contributed by atoms with van der Waals surface area (Å²) in [5.41, 5.74) is 1.02. The summed E-state index contributed by atoms with van der Waals surface area (Å²) in [6.07, 6.45) is 4.97. The molecule has 148 valence electrons. The Bertz CT molecular complexity index is 836. The van der Waals surface area contributed by atoms with E-state index in [9.17, 15) is 4.79 Å². The van der Waals surface area contributed by atoms with Crippen LogP contribution < -0.4 is 5.32 Å². The van der Waals surface area contributed by atoms with Gasteiger partial charge in [0.05, 0.1) is 5.54 Å². The summed E-state index contributed by atoms with van der Waals surface area (Å²) >= 11 is 1.41. The lowest BCUT2D eigenvalue weighted by Crippen LogP contribution is -2.53. The molecule has 6 nitrogen and oxygen atoms in total. The molecular formula is C21H26N4O2S. The van der Waals surface area contributed by atoms with Gasteiger partial charge in [-0.2, -0.15) is 9.36 Å². The lowest BCUT2D eigenvalue weighted by molar-refractivity contribution is -0.132. The van der Waals surface area contributed by atoms with Crippen LogP contribution in [0.5, 0.6) is 0 Å². The Labute approximate surface area is 169 Å². The second kappa shape index (κ2) is 7.44. The van der Waals surface area contributed by atoms with Gasteiger partial charge in [0, 0.05) is 55.7 Å². The van der Waals surface area contributed by atoms with Crippen LogP contribution in [0, 0.1) is 11.8 Å². The number of anilines is 1. The van der Waals surface area contributed by atoms with Crippen molar-refractivity contribution in [2.75, 3.05) is 31.6 Å². The van der Waals surface area contributed by atoms with E-state index in [0.29, 0.717) is 24.2 Å². The Hall–Kier alpha value is -1.99. The molecule has 2 aliphatic heterocycles. The van der Waals surface area contributed by atoms with Gasteiger partial charge in [0.2, 0.25) is 11.0 Å². The quantitative estimate of drug-likeness (QED) is 0.836. The first-order valence-electron chi connectivity index (χ1n) is 10.2. The fourth-order valence-corrected chi connectivity index (χ4v) is 5.45. The van der Waals surface area contributed by atoms with Crippen molar-refractivity contribution in [3.63, 3.8) is 0 Å². The molecule has 2 unspecified atom stereocenters. The summed E-state index contributed by atoms with van der Waals surface area (Å²) < 4.78 is 9.94. The second-order valence-electron chi connectivity index (χ2n) is 8.34. The van der Waals surface area contributed by atoms with E-state index >= 15 is 0 Å². The zero-order valence-electron chi connectivity index (χ0n) is 16.0. The number of nitrogens with one attached hydrogen (secondary N) is 1. The van der Waals surface area contributed by atoms with E-state index in [1.165, 1.54) is 18.0 Å². The number of aromatic nitrogens is 2. The third-order valence-corrected chi connectivity index (χ3v) is 7.24. The molecule has 2 aromatic rings. The number of fused-ring (bicyclic) bond motifs is 1. The van der Waals surface area contributed by atoms with Crippen molar-refractivity contribution in [1.82, 2.24) is 14.3 Å². The monoisotopic (exact) mass is 398 g/mol. The number of rotatable bonds is 5. The summed E-state index contributed by atoms with van der Waals surface area (Å²) in [4.78, 5) is 19.6. The van der Waals surface area contributed by atoms with Gasteiger partial charge in [-0.15, -0.1) is 0 Å². The number of carbonyl (C=O) groups excluding carboxylic acids is 1. The zero-order valence-corrected chi connectivity index (χ0v) is 16.8. The first kappa shape index (κ1) is 18.1.